The molecule has 76 valence electrons. The molecule has 1 heterocycles. The van der Waals surface area contributed by atoms with Crippen molar-refractivity contribution in [2.45, 2.75) is 6.10 Å². The van der Waals surface area contributed by atoms with E-state index < -0.39 is 22.9 Å². The van der Waals surface area contributed by atoms with E-state index in [4.69, 9.17) is 0 Å². The van der Waals surface area contributed by atoms with Gasteiger partial charge in [0.1, 0.15) is 4.92 Å². The molecule has 1 aromatic rings. The van der Waals surface area contributed by atoms with Crippen molar-refractivity contribution in [1.82, 2.24) is 0 Å². The van der Waals surface area contributed by atoms with Gasteiger partial charge >= 0.3 is 11.9 Å². The van der Waals surface area contributed by atoms with Gasteiger partial charge in [-0.15, -0.1) is 0 Å². The van der Waals surface area contributed by atoms with Gasteiger partial charge in [0, 0.05) is 0 Å². The van der Waals surface area contributed by atoms with Gasteiger partial charge in [0.05, 0.1) is 13.2 Å². The lowest BCUT2D eigenvalue weighted by Crippen LogP contribution is -2.12. The van der Waals surface area contributed by atoms with E-state index in [9.17, 15) is 20.0 Å². The van der Waals surface area contributed by atoms with Crippen molar-refractivity contribution in [3.63, 3.8) is 0 Å². The van der Waals surface area contributed by atoms with Crippen molar-refractivity contribution in [1.29, 1.82) is 0 Å². The normalized spacial score (nSPS) is 12.1. The first-order valence-corrected chi connectivity index (χ1v) is 3.56. The summed E-state index contributed by atoms with van der Waals surface area (Å²) in [6, 6.07) is 2.18. The first-order chi connectivity index (χ1) is 6.56. The number of aliphatic hydroxyl groups excluding tert-OH is 1. The fourth-order valence-electron chi connectivity index (χ4n) is 0.815. The molecule has 1 aromatic heterocycles. The molecule has 0 aliphatic rings. The molecule has 0 spiro atoms. The Balaban J connectivity index is 2.86. The molecule has 0 saturated carbocycles. The summed E-state index contributed by atoms with van der Waals surface area (Å²) in [6.45, 7) is 0. The van der Waals surface area contributed by atoms with Crippen LogP contribution in [0, 0.1) is 10.1 Å². The van der Waals surface area contributed by atoms with Crippen LogP contribution in [0.3, 0.4) is 0 Å². The van der Waals surface area contributed by atoms with Crippen LogP contribution in [-0.4, -0.2) is 23.1 Å². The predicted octanol–water partition coefficient (Wildman–Crippen LogP) is 0.394. The van der Waals surface area contributed by atoms with Crippen molar-refractivity contribution in [2.24, 2.45) is 0 Å². The highest BCUT2D eigenvalue weighted by Crippen LogP contribution is 2.22. The van der Waals surface area contributed by atoms with E-state index in [2.05, 4.69) is 9.15 Å². The summed E-state index contributed by atoms with van der Waals surface area (Å²) in [4.78, 5) is 20.2. The summed E-state index contributed by atoms with van der Waals surface area (Å²) in [5.41, 5.74) is 0. The van der Waals surface area contributed by atoms with Crippen molar-refractivity contribution < 1.29 is 24.0 Å². The van der Waals surface area contributed by atoms with Crippen LogP contribution >= 0.6 is 0 Å². The Bertz CT molecular complexity index is 357. The molecule has 7 heteroatoms. The monoisotopic (exact) mass is 201 g/mol. The maximum absolute atomic E-state index is 10.8. The van der Waals surface area contributed by atoms with E-state index in [1.165, 1.54) is 0 Å². The predicted molar refractivity (Wildman–Crippen MR) is 42.3 cm³/mol. The minimum absolute atomic E-state index is 0.219. The molecule has 0 radical (unpaired) electrons. The molecule has 7 nitrogen and oxygen atoms in total. The van der Waals surface area contributed by atoms with Gasteiger partial charge in [0.15, 0.2) is 5.76 Å². The average Bonchev–Trinajstić information content (AvgIpc) is 2.64. The average molecular weight is 201 g/mol. The second-order valence-electron chi connectivity index (χ2n) is 2.36. The molecule has 0 aliphatic heterocycles. The number of hydrogen-bond donors (Lipinski definition) is 1. The van der Waals surface area contributed by atoms with Gasteiger partial charge in [-0.1, -0.05) is 0 Å². The van der Waals surface area contributed by atoms with E-state index in [0.29, 0.717) is 0 Å². The van der Waals surface area contributed by atoms with Crippen molar-refractivity contribution in [2.75, 3.05) is 7.11 Å². The molecule has 0 aliphatic carbocycles. The zero-order valence-corrected chi connectivity index (χ0v) is 7.17. The molecule has 0 fully saturated rings. The van der Waals surface area contributed by atoms with Gasteiger partial charge in [-0.25, -0.2) is 4.79 Å². The number of ether oxygens (including phenoxy) is 1. The lowest BCUT2D eigenvalue weighted by Gasteiger charge is -2.02. The van der Waals surface area contributed by atoms with Crippen LogP contribution < -0.4 is 0 Å². The molecule has 0 aromatic carbocycles. The Morgan fingerprint density at radius 1 is 1.71 bits per heavy atom. The summed E-state index contributed by atoms with van der Waals surface area (Å²) in [6.07, 6.45) is -1.63. The SMILES string of the molecule is COC(=O)C(O)c1ccc([N+](=O)[O-])o1. The minimum atomic E-state index is -1.63. The van der Waals surface area contributed by atoms with Gasteiger partial charge in [-0.05, 0) is 6.07 Å². The molecular weight excluding hydrogens is 194 g/mol. The first kappa shape index (κ1) is 10.2. The molecule has 1 N–H and O–H groups in total. The highest BCUT2D eigenvalue weighted by molar-refractivity contribution is 5.75. The summed E-state index contributed by atoms with van der Waals surface area (Å²) >= 11 is 0. The number of furan rings is 1. The number of methoxy groups -OCH3 is 1. The zero-order valence-electron chi connectivity index (χ0n) is 7.17. The number of esters is 1. The zero-order chi connectivity index (χ0) is 10.7. The van der Waals surface area contributed by atoms with E-state index in [0.717, 1.165) is 19.2 Å². The molecule has 1 unspecified atom stereocenters. The Labute approximate surface area is 78.0 Å². The summed E-state index contributed by atoms with van der Waals surface area (Å²) in [7, 11) is 1.09. The molecule has 0 saturated heterocycles. The Morgan fingerprint density at radius 2 is 2.36 bits per heavy atom. The van der Waals surface area contributed by atoms with Gasteiger partial charge < -0.3 is 14.3 Å². The number of carbonyl (C=O) groups is 1. The highest BCUT2D eigenvalue weighted by Gasteiger charge is 2.24. The molecular formula is C7H7NO6. The van der Waals surface area contributed by atoms with Gasteiger partial charge in [-0.2, -0.15) is 0 Å². The molecule has 1 rings (SSSR count). The van der Waals surface area contributed by atoms with Crippen molar-refractivity contribution in [3.8, 4) is 0 Å². The van der Waals surface area contributed by atoms with Crippen LogP contribution in [0.5, 0.6) is 0 Å². The van der Waals surface area contributed by atoms with Gasteiger partial charge in [0.25, 0.3) is 0 Å². The lowest BCUT2D eigenvalue weighted by atomic mass is 10.3. The maximum atomic E-state index is 10.8. The van der Waals surface area contributed by atoms with Crippen LogP contribution in [0.25, 0.3) is 0 Å². The van der Waals surface area contributed by atoms with Crippen molar-refractivity contribution in [3.05, 3.63) is 28.0 Å². The van der Waals surface area contributed by atoms with Crippen LogP contribution in [0.15, 0.2) is 16.5 Å². The third-order valence-corrected chi connectivity index (χ3v) is 1.49. The third-order valence-electron chi connectivity index (χ3n) is 1.49. The van der Waals surface area contributed by atoms with E-state index in [-0.39, 0.29) is 5.76 Å². The topological polar surface area (TPSA) is 103 Å². The van der Waals surface area contributed by atoms with Crippen LogP contribution in [-0.2, 0) is 9.53 Å². The summed E-state index contributed by atoms with van der Waals surface area (Å²) in [5, 5.41) is 19.4. The smallest absolute Gasteiger partial charge is 0.433 e. The second-order valence-corrected chi connectivity index (χ2v) is 2.36. The van der Waals surface area contributed by atoms with Crippen molar-refractivity contribution >= 4 is 11.9 Å². The van der Waals surface area contributed by atoms with Gasteiger partial charge in [-0.3, -0.25) is 10.1 Å². The number of hydrogen-bond acceptors (Lipinski definition) is 6. The second kappa shape index (κ2) is 3.88. The largest absolute Gasteiger partial charge is 0.467 e. The van der Waals surface area contributed by atoms with Gasteiger partial charge in [0.2, 0.25) is 6.10 Å². The minimum Gasteiger partial charge on any atom is -0.467 e. The molecule has 0 amide bonds. The number of carbonyl (C=O) groups excluding carboxylic acids is 1. The Kier molecular flexibility index (Phi) is 2.82. The number of nitrogens with zero attached hydrogens (tertiary/aromatic N) is 1. The third kappa shape index (κ3) is 1.88. The Morgan fingerprint density at radius 3 is 2.79 bits per heavy atom. The number of nitro groups is 1. The fraction of sp³-hybridized carbons (Fsp3) is 0.286. The Hall–Kier alpha value is -1.89. The molecule has 14 heavy (non-hydrogen) atoms. The van der Waals surface area contributed by atoms with Crippen LogP contribution in [0.2, 0.25) is 0 Å². The maximum Gasteiger partial charge on any atom is 0.433 e. The quantitative estimate of drug-likeness (QED) is 0.431. The van der Waals surface area contributed by atoms with E-state index in [1.54, 1.807) is 0 Å². The fourth-order valence-corrected chi connectivity index (χ4v) is 0.815. The van der Waals surface area contributed by atoms with Crippen LogP contribution in [0.1, 0.15) is 11.9 Å². The molecule has 0 bridgehead atoms. The standard InChI is InChI=1S/C7H7NO6/c1-13-7(10)6(9)4-2-3-5(14-4)8(11)12/h2-3,6,9H,1H3. The summed E-state index contributed by atoms with van der Waals surface area (Å²) in [5.74, 6) is -1.69. The van der Waals surface area contributed by atoms with E-state index >= 15 is 0 Å². The first-order valence-electron chi connectivity index (χ1n) is 3.56. The van der Waals surface area contributed by atoms with Crippen LogP contribution in [0.4, 0.5) is 5.88 Å². The molecule has 1 atom stereocenters. The van der Waals surface area contributed by atoms with E-state index in [1.807, 2.05) is 0 Å². The highest BCUT2D eigenvalue weighted by atomic mass is 16.6. The lowest BCUT2D eigenvalue weighted by molar-refractivity contribution is -0.402. The number of aliphatic hydroxyl groups is 1. The summed E-state index contributed by atoms with van der Waals surface area (Å²) < 4.78 is 8.80. The number of rotatable bonds is 3.